The first-order valence-electron chi connectivity index (χ1n) is 20.5. The molecular weight excluding hydrogens is 872 g/mol. The highest BCUT2D eigenvalue weighted by atomic mass is 31.2. The van der Waals surface area contributed by atoms with Gasteiger partial charge in [0, 0.05) is 6.42 Å². The van der Waals surface area contributed by atoms with Gasteiger partial charge in [0.1, 0.15) is 31.1 Å². The van der Waals surface area contributed by atoms with Crippen LogP contribution in [-0.4, -0.2) is 87.4 Å². The maximum absolute atomic E-state index is 17.6. The number of ether oxygens (including phenoxy) is 6. The molecule has 6 rings (SSSR count). The van der Waals surface area contributed by atoms with Crippen molar-refractivity contribution < 1.29 is 65.6 Å². The Morgan fingerprint density at radius 2 is 1.55 bits per heavy atom. The molecule has 0 bridgehead atoms. The maximum atomic E-state index is 17.6. The number of esters is 2. The van der Waals surface area contributed by atoms with Crippen LogP contribution in [0.15, 0.2) is 91.3 Å². The summed E-state index contributed by atoms with van der Waals surface area (Å²) >= 11 is 0. The second kappa shape index (κ2) is 21.8. The number of fused-ring (bicyclic) bond motifs is 1. The number of imidazole rings is 1. The summed E-state index contributed by atoms with van der Waals surface area (Å²) in [7, 11) is -4.69. The minimum absolute atomic E-state index is 0.00867. The van der Waals surface area contributed by atoms with E-state index in [0.717, 1.165) is 23.4 Å². The van der Waals surface area contributed by atoms with Crippen molar-refractivity contribution in [2.24, 2.45) is 0 Å². The van der Waals surface area contributed by atoms with Crippen LogP contribution < -0.4 is 20.7 Å². The van der Waals surface area contributed by atoms with E-state index in [-0.39, 0.29) is 67.9 Å². The summed E-state index contributed by atoms with van der Waals surface area (Å²) in [4.78, 5) is 63.7. The molecule has 0 radical (unpaired) electrons. The number of carbonyl (C=O) groups is 4. The van der Waals surface area contributed by atoms with Gasteiger partial charge in [0.15, 0.2) is 35.0 Å². The van der Waals surface area contributed by atoms with Crippen LogP contribution in [0.4, 0.5) is 25.7 Å². The van der Waals surface area contributed by atoms with Crippen LogP contribution in [0.1, 0.15) is 57.0 Å². The molecule has 0 spiro atoms. The number of para-hydroxylation sites is 1. The van der Waals surface area contributed by atoms with E-state index < -0.39 is 68.7 Å². The van der Waals surface area contributed by atoms with Gasteiger partial charge in [0.25, 0.3) is 0 Å². The van der Waals surface area contributed by atoms with Gasteiger partial charge in [-0.05, 0) is 56.9 Å². The van der Waals surface area contributed by atoms with Crippen molar-refractivity contribution in [2.75, 3.05) is 30.9 Å². The van der Waals surface area contributed by atoms with Gasteiger partial charge in [0.2, 0.25) is 5.95 Å². The largest absolute Gasteiger partial charge is 0.509 e. The molecule has 1 unspecified atom stereocenters. The molecule has 1 saturated heterocycles. The minimum Gasteiger partial charge on any atom is -0.466 e. The van der Waals surface area contributed by atoms with E-state index in [9.17, 15) is 23.7 Å². The Morgan fingerprint density at radius 3 is 2.23 bits per heavy atom. The van der Waals surface area contributed by atoms with Crippen molar-refractivity contribution in [3.05, 3.63) is 108 Å². The Kier molecular flexibility index (Phi) is 16.0. The molecular formula is C43H49FN7O13P. The SMILES string of the molecule is CCOC(=O)CCc1ccccc1OP(=O)(N[C@@H](C)C(=O)OCC)OC[C@H]1O[C@@H](n2cnc3c(NC(=O)OCc4ccccc4)nc(N)nc32)[C@](C)(F)[C@@H]1OC(=O)OCc1ccccc1. The van der Waals surface area contributed by atoms with E-state index in [1.165, 1.54) is 13.0 Å². The lowest BCUT2D eigenvalue weighted by molar-refractivity contribution is -0.145. The predicted molar refractivity (Wildman–Crippen MR) is 230 cm³/mol. The number of anilines is 2. The first-order valence-corrected chi connectivity index (χ1v) is 22.1. The zero-order valence-corrected chi connectivity index (χ0v) is 36.8. The fraction of sp³-hybridized carbons (Fsp3) is 0.372. The van der Waals surface area contributed by atoms with Crippen molar-refractivity contribution >= 4 is 54.9 Å². The molecule has 4 N–H and O–H groups in total. The van der Waals surface area contributed by atoms with Crippen LogP contribution in [-0.2, 0) is 66.7 Å². The van der Waals surface area contributed by atoms with E-state index >= 15 is 4.39 Å². The summed E-state index contributed by atoms with van der Waals surface area (Å²) in [6.45, 7) is 4.83. The molecule has 5 aromatic rings. The number of nitrogens with one attached hydrogen (secondary N) is 2. The fourth-order valence-corrected chi connectivity index (χ4v) is 8.19. The van der Waals surface area contributed by atoms with Gasteiger partial charge < -0.3 is 38.7 Å². The topological polar surface area (TPSA) is 253 Å². The number of hydrogen-bond acceptors (Lipinski definition) is 17. The Bertz CT molecular complexity index is 2480. The number of nitrogens with two attached hydrogens (primary N) is 1. The number of alkyl halides is 1. The third-order valence-corrected chi connectivity index (χ3v) is 11.4. The Labute approximate surface area is 372 Å². The summed E-state index contributed by atoms with van der Waals surface area (Å²) in [6, 6.07) is 22.7. The third kappa shape index (κ3) is 12.5. The fourth-order valence-electron chi connectivity index (χ4n) is 6.65. The van der Waals surface area contributed by atoms with Crippen LogP contribution >= 0.6 is 7.75 Å². The second-order valence-electron chi connectivity index (χ2n) is 14.6. The average molecular weight is 922 g/mol. The van der Waals surface area contributed by atoms with Gasteiger partial charge in [0.05, 0.1) is 26.1 Å². The predicted octanol–water partition coefficient (Wildman–Crippen LogP) is 6.75. The smallest absolute Gasteiger partial charge is 0.466 e. The molecule has 3 heterocycles. The van der Waals surface area contributed by atoms with E-state index in [1.807, 2.05) is 6.07 Å². The number of nitrogens with zero attached hydrogens (tertiary/aromatic N) is 4. The molecule has 1 aliphatic heterocycles. The minimum atomic E-state index is -4.69. The normalized spacial score (nSPS) is 19.4. The molecule has 1 fully saturated rings. The molecule has 1 aliphatic rings. The molecule has 0 aliphatic carbocycles. The molecule has 3 aromatic carbocycles. The van der Waals surface area contributed by atoms with Gasteiger partial charge in [-0.15, -0.1) is 0 Å². The summed E-state index contributed by atoms with van der Waals surface area (Å²) in [5.74, 6) is -1.74. The van der Waals surface area contributed by atoms with E-state index in [2.05, 4.69) is 25.4 Å². The molecule has 346 valence electrons. The lowest BCUT2D eigenvalue weighted by atomic mass is 9.98. The highest BCUT2D eigenvalue weighted by molar-refractivity contribution is 7.52. The van der Waals surface area contributed by atoms with Gasteiger partial charge in [-0.3, -0.25) is 24.0 Å². The molecule has 22 heteroatoms. The lowest BCUT2D eigenvalue weighted by Crippen LogP contribution is -2.44. The molecule has 65 heavy (non-hydrogen) atoms. The van der Waals surface area contributed by atoms with Crippen LogP contribution in [0.2, 0.25) is 0 Å². The average Bonchev–Trinajstić information content (AvgIpc) is 3.81. The highest BCUT2D eigenvalue weighted by Gasteiger charge is 2.59. The Balaban J connectivity index is 1.29. The first-order chi connectivity index (χ1) is 31.2. The van der Waals surface area contributed by atoms with Crippen molar-refractivity contribution in [3.8, 4) is 5.75 Å². The number of rotatable bonds is 20. The summed E-state index contributed by atoms with van der Waals surface area (Å²) in [5.41, 5.74) is 5.04. The number of benzene rings is 3. The number of hydrogen-bond donors (Lipinski definition) is 3. The van der Waals surface area contributed by atoms with Crippen molar-refractivity contribution in [1.29, 1.82) is 0 Å². The molecule has 0 saturated carbocycles. The summed E-state index contributed by atoms with van der Waals surface area (Å²) < 4.78 is 78.0. The summed E-state index contributed by atoms with van der Waals surface area (Å²) in [6.07, 6.45) is -6.06. The van der Waals surface area contributed by atoms with Gasteiger partial charge >= 0.3 is 31.9 Å². The molecule has 20 nitrogen and oxygen atoms in total. The number of nitrogen functional groups attached to an aromatic ring is 1. The Morgan fingerprint density at radius 1 is 0.908 bits per heavy atom. The Hall–Kier alpha value is -6.67. The van der Waals surface area contributed by atoms with Crippen LogP contribution in [0.5, 0.6) is 5.75 Å². The van der Waals surface area contributed by atoms with Crippen molar-refractivity contribution in [2.45, 2.75) is 83.9 Å². The van der Waals surface area contributed by atoms with Crippen molar-refractivity contribution in [3.63, 3.8) is 0 Å². The zero-order valence-electron chi connectivity index (χ0n) is 35.9. The molecule has 6 atom stereocenters. The van der Waals surface area contributed by atoms with Crippen LogP contribution in [0, 0.1) is 0 Å². The van der Waals surface area contributed by atoms with E-state index in [1.54, 1.807) is 86.6 Å². The standard InChI is InChI=1S/C43H49FN7O13P/c1-5-57-33(52)22-21-30-19-13-14-20-31(30)64-65(56,50-27(3)38(53)58-6-2)61-25-32-35(63-42(55)60-24-29-17-11-8-12-18-29)43(4,44)39(62-32)51-26-46-34-36(47-40(45)49-37(34)51)48-41(54)59-23-28-15-9-7-10-16-28/h7-20,26-27,32,35,39H,5-6,21-25H2,1-4H3,(H,50,56)(H3,45,47,48,49,54)/t27-,32+,35+,39+,43+,65?/m0/s1. The lowest BCUT2D eigenvalue weighted by Gasteiger charge is -2.28. The van der Waals surface area contributed by atoms with Gasteiger partial charge in [-0.25, -0.2) is 23.5 Å². The number of aromatic nitrogens is 4. The maximum Gasteiger partial charge on any atom is 0.509 e. The molecule has 2 aromatic heterocycles. The third-order valence-electron chi connectivity index (χ3n) is 9.72. The van der Waals surface area contributed by atoms with Gasteiger partial charge in [-0.2, -0.15) is 15.1 Å². The highest BCUT2D eigenvalue weighted by Crippen LogP contribution is 2.49. The van der Waals surface area contributed by atoms with E-state index in [4.69, 9.17) is 43.2 Å². The number of aryl methyl sites for hydroxylation is 1. The number of amides is 1. The number of carbonyl (C=O) groups excluding carboxylic acids is 4. The second-order valence-corrected chi connectivity index (χ2v) is 16.3. The van der Waals surface area contributed by atoms with Crippen LogP contribution in [0.25, 0.3) is 11.2 Å². The quantitative estimate of drug-likeness (QED) is 0.0415. The van der Waals surface area contributed by atoms with E-state index in [0.29, 0.717) is 11.1 Å². The monoisotopic (exact) mass is 921 g/mol. The molecule has 1 amide bonds. The first kappa shape index (κ1) is 47.8. The zero-order chi connectivity index (χ0) is 46.6. The van der Waals surface area contributed by atoms with Crippen molar-refractivity contribution in [1.82, 2.24) is 24.6 Å². The van der Waals surface area contributed by atoms with Crippen LogP contribution in [0.3, 0.4) is 0 Å². The van der Waals surface area contributed by atoms with Gasteiger partial charge in [-0.1, -0.05) is 78.9 Å². The number of halogens is 1. The summed E-state index contributed by atoms with van der Waals surface area (Å²) in [5, 5.41) is 5.05.